The lowest BCUT2D eigenvalue weighted by Gasteiger charge is -2.06. The Balaban J connectivity index is 1.54. The summed E-state index contributed by atoms with van der Waals surface area (Å²) in [7, 11) is 0. The van der Waals surface area contributed by atoms with Gasteiger partial charge < -0.3 is 9.88 Å². The average Bonchev–Trinajstić information content (AvgIpc) is 3.38. The van der Waals surface area contributed by atoms with E-state index < -0.39 is 0 Å². The smallest absolute Gasteiger partial charge is 0.236 e. The summed E-state index contributed by atoms with van der Waals surface area (Å²) in [6.07, 6.45) is 1.67. The number of rotatable bonds is 6. The summed E-state index contributed by atoms with van der Waals surface area (Å²) >= 11 is 4.48. The number of anilines is 1. The highest BCUT2D eigenvalue weighted by Crippen LogP contribution is 2.34. The van der Waals surface area contributed by atoms with Crippen molar-refractivity contribution in [1.82, 2.24) is 19.7 Å². The van der Waals surface area contributed by atoms with Crippen LogP contribution in [0.25, 0.3) is 21.5 Å². The fourth-order valence-corrected chi connectivity index (χ4v) is 4.89. The second kappa shape index (κ2) is 7.56. The molecule has 3 heterocycles. The summed E-state index contributed by atoms with van der Waals surface area (Å²) in [5.74, 6) is 1.01. The van der Waals surface area contributed by atoms with Crippen molar-refractivity contribution in [3.8, 4) is 11.4 Å². The van der Waals surface area contributed by atoms with Crippen LogP contribution in [0.1, 0.15) is 6.92 Å². The van der Waals surface area contributed by atoms with E-state index in [9.17, 15) is 4.79 Å². The maximum atomic E-state index is 12.1. The number of thiophene rings is 1. The Hall–Kier alpha value is -2.23. The Labute approximate surface area is 162 Å². The number of thiazole rings is 1. The number of thioether (sulfide) groups is 1. The first-order chi connectivity index (χ1) is 12.8. The fourth-order valence-electron chi connectivity index (χ4n) is 2.60. The van der Waals surface area contributed by atoms with Crippen molar-refractivity contribution >= 4 is 55.6 Å². The summed E-state index contributed by atoms with van der Waals surface area (Å²) < 4.78 is 3.28. The molecule has 0 unspecified atom stereocenters. The highest BCUT2D eigenvalue weighted by molar-refractivity contribution is 7.99. The zero-order valence-corrected chi connectivity index (χ0v) is 16.3. The van der Waals surface area contributed by atoms with E-state index in [-0.39, 0.29) is 11.7 Å². The maximum Gasteiger partial charge on any atom is 0.236 e. The van der Waals surface area contributed by atoms with Gasteiger partial charge in [-0.1, -0.05) is 30.0 Å². The molecule has 0 fully saturated rings. The maximum absolute atomic E-state index is 12.1. The lowest BCUT2D eigenvalue weighted by atomic mass is 10.1. The van der Waals surface area contributed by atoms with Crippen molar-refractivity contribution in [2.75, 3.05) is 11.1 Å². The number of hydrogen-bond donors (Lipinski definition) is 1. The Bertz CT molecular complexity index is 1040. The van der Waals surface area contributed by atoms with Crippen molar-refractivity contribution in [3.05, 3.63) is 41.2 Å². The average molecular weight is 402 g/mol. The number of nitrogens with zero attached hydrogens (tertiary/aromatic N) is 4. The Morgan fingerprint density at radius 3 is 2.96 bits per heavy atom. The molecular weight excluding hydrogens is 386 g/mol. The predicted molar refractivity (Wildman–Crippen MR) is 108 cm³/mol. The molecule has 0 spiro atoms. The molecule has 9 heteroatoms. The van der Waals surface area contributed by atoms with Crippen molar-refractivity contribution in [2.45, 2.75) is 18.6 Å². The molecule has 132 valence electrons. The minimum Gasteiger partial charge on any atom is -0.302 e. The van der Waals surface area contributed by atoms with Gasteiger partial charge in [0.15, 0.2) is 16.1 Å². The van der Waals surface area contributed by atoms with Crippen molar-refractivity contribution in [1.29, 1.82) is 0 Å². The van der Waals surface area contributed by atoms with Gasteiger partial charge in [-0.2, -0.15) is 0 Å². The molecule has 1 amide bonds. The minimum atomic E-state index is -0.0989. The van der Waals surface area contributed by atoms with Crippen LogP contribution in [0.15, 0.2) is 46.4 Å². The zero-order chi connectivity index (χ0) is 17.9. The first-order valence-electron chi connectivity index (χ1n) is 7.98. The molecule has 1 aromatic carbocycles. The summed E-state index contributed by atoms with van der Waals surface area (Å²) in [5.41, 5.74) is 1.08. The lowest BCUT2D eigenvalue weighted by molar-refractivity contribution is -0.113. The normalized spacial score (nSPS) is 11.1. The second-order valence-corrected chi connectivity index (χ2v) is 8.12. The molecule has 6 nitrogen and oxygen atoms in total. The number of carbonyl (C=O) groups excluding carboxylic acids is 1. The first-order valence-corrected chi connectivity index (χ1v) is 10.7. The van der Waals surface area contributed by atoms with E-state index in [1.807, 2.05) is 17.5 Å². The van der Waals surface area contributed by atoms with Crippen LogP contribution < -0.4 is 5.32 Å². The molecule has 4 rings (SSSR count). The van der Waals surface area contributed by atoms with E-state index in [0.717, 1.165) is 23.1 Å². The first kappa shape index (κ1) is 17.2. The Morgan fingerprint density at radius 1 is 1.27 bits per heavy atom. The zero-order valence-electron chi connectivity index (χ0n) is 13.9. The largest absolute Gasteiger partial charge is 0.302 e. The van der Waals surface area contributed by atoms with E-state index in [2.05, 4.69) is 49.5 Å². The summed E-state index contributed by atoms with van der Waals surface area (Å²) in [4.78, 5) is 16.1. The minimum absolute atomic E-state index is 0.0989. The SMILES string of the molecule is CCn1c(SCC(=O)Nc2nccs2)nnc1-c1csc2ccccc12. The number of nitrogens with one attached hydrogen (secondary N) is 1. The van der Waals surface area contributed by atoms with Crippen LogP contribution >= 0.6 is 34.4 Å². The van der Waals surface area contributed by atoms with Gasteiger partial charge in [-0.3, -0.25) is 4.79 Å². The molecule has 0 radical (unpaired) electrons. The number of amides is 1. The number of fused-ring (bicyclic) bond motifs is 1. The third-order valence-corrected chi connectivity index (χ3v) is 6.38. The number of hydrogen-bond acceptors (Lipinski definition) is 7. The van der Waals surface area contributed by atoms with E-state index in [4.69, 9.17) is 0 Å². The van der Waals surface area contributed by atoms with E-state index >= 15 is 0 Å². The van der Waals surface area contributed by atoms with Crippen molar-refractivity contribution in [2.24, 2.45) is 0 Å². The molecule has 3 aromatic heterocycles. The molecule has 26 heavy (non-hydrogen) atoms. The number of aromatic nitrogens is 4. The van der Waals surface area contributed by atoms with Gasteiger partial charge in [0.2, 0.25) is 5.91 Å². The molecule has 0 aliphatic carbocycles. The van der Waals surface area contributed by atoms with E-state index in [1.54, 1.807) is 17.5 Å². The molecule has 0 aliphatic heterocycles. The molecule has 0 aliphatic rings. The van der Waals surface area contributed by atoms with Crippen LogP contribution in [0.3, 0.4) is 0 Å². The Morgan fingerprint density at radius 2 is 2.15 bits per heavy atom. The summed E-state index contributed by atoms with van der Waals surface area (Å²) in [5, 5.41) is 17.9. The fraction of sp³-hybridized carbons (Fsp3) is 0.176. The van der Waals surface area contributed by atoms with Crippen molar-refractivity contribution in [3.63, 3.8) is 0 Å². The van der Waals surface area contributed by atoms with Gasteiger partial charge in [-0.15, -0.1) is 32.9 Å². The third-order valence-electron chi connectivity index (χ3n) is 3.77. The van der Waals surface area contributed by atoms with Crippen LogP contribution in [-0.4, -0.2) is 31.4 Å². The van der Waals surface area contributed by atoms with E-state index in [0.29, 0.717) is 5.13 Å². The molecule has 4 aromatic rings. The number of benzene rings is 1. The standard InChI is InChI=1S/C17H15N5OS3/c1-2-22-15(12-9-25-13-6-4-3-5-11(12)13)20-21-17(22)26-10-14(23)19-16-18-7-8-24-16/h3-9H,2,10H2,1H3,(H,18,19,23). The number of carbonyl (C=O) groups is 1. The monoisotopic (exact) mass is 401 g/mol. The van der Waals surface area contributed by atoms with Crippen LogP contribution in [0, 0.1) is 0 Å². The van der Waals surface area contributed by atoms with Gasteiger partial charge in [0, 0.05) is 39.2 Å². The van der Waals surface area contributed by atoms with Crippen LogP contribution in [0.5, 0.6) is 0 Å². The molecule has 0 saturated heterocycles. The highest BCUT2D eigenvalue weighted by Gasteiger charge is 2.17. The summed E-state index contributed by atoms with van der Waals surface area (Å²) in [6.45, 7) is 2.80. The van der Waals surface area contributed by atoms with Crippen LogP contribution in [-0.2, 0) is 11.3 Å². The highest BCUT2D eigenvalue weighted by atomic mass is 32.2. The Kier molecular flexibility index (Phi) is 5.00. The van der Waals surface area contributed by atoms with Crippen LogP contribution in [0.4, 0.5) is 5.13 Å². The third kappa shape index (κ3) is 3.37. The predicted octanol–water partition coefficient (Wildman–Crippen LogP) is 4.37. The van der Waals surface area contributed by atoms with Gasteiger partial charge in [0.05, 0.1) is 5.75 Å². The van der Waals surface area contributed by atoms with Crippen molar-refractivity contribution < 1.29 is 4.79 Å². The molecule has 0 atom stereocenters. The molecular formula is C17H15N5OS3. The molecule has 1 N–H and O–H groups in total. The quantitative estimate of drug-likeness (QED) is 0.486. The van der Waals surface area contributed by atoms with Gasteiger partial charge in [0.25, 0.3) is 0 Å². The lowest BCUT2D eigenvalue weighted by Crippen LogP contribution is -2.14. The van der Waals surface area contributed by atoms with Gasteiger partial charge in [0.1, 0.15) is 0 Å². The second-order valence-electron chi connectivity index (χ2n) is 5.37. The van der Waals surface area contributed by atoms with E-state index in [1.165, 1.54) is 33.2 Å². The topological polar surface area (TPSA) is 72.7 Å². The van der Waals surface area contributed by atoms with Gasteiger partial charge in [-0.05, 0) is 13.0 Å². The van der Waals surface area contributed by atoms with Gasteiger partial charge in [-0.25, -0.2) is 4.98 Å². The van der Waals surface area contributed by atoms with Gasteiger partial charge >= 0.3 is 0 Å². The molecule has 0 saturated carbocycles. The molecule has 0 bridgehead atoms. The summed E-state index contributed by atoms with van der Waals surface area (Å²) in [6, 6.07) is 8.28. The van der Waals surface area contributed by atoms with Crippen LogP contribution in [0.2, 0.25) is 0 Å².